The second-order valence-corrected chi connectivity index (χ2v) is 8.64. The molecule has 1 saturated carbocycles. The third-order valence-corrected chi connectivity index (χ3v) is 7.03. The highest BCUT2D eigenvalue weighted by Gasteiger charge is 2.40. The predicted molar refractivity (Wildman–Crippen MR) is 89.3 cm³/mol. The van der Waals surface area contributed by atoms with Crippen LogP contribution in [-0.4, -0.2) is 55.6 Å². The van der Waals surface area contributed by atoms with E-state index in [0.29, 0.717) is 13.1 Å². The van der Waals surface area contributed by atoms with E-state index in [4.69, 9.17) is 0 Å². The lowest BCUT2D eigenvalue weighted by Gasteiger charge is -2.21. The van der Waals surface area contributed by atoms with E-state index in [0.717, 1.165) is 51.7 Å². The van der Waals surface area contributed by atoms with Crippen LogP contribution in [0.2, 0.25) is 0 Å². The Morgan fingerprint density at radius 3 is 2.50 bits per heavy atom. The summed E-state index contributed by atoms with van der Waals surface area (Å²) < 4.78 is 26.4. The van der Waals surface area contributed by atoms with Gasteiger partial charge in [0.05, 0.1) is 5.25 Å². The largest absolute Gasteiger partial charge is 0.302 e. The van der Waals surface area contributed by atoms with Gasteiger partial charge in [0.25, 0.3) is 0 Å². The molecule has 1 heterocycles. The smallest absolute Gasteiger partial charge is 0.217 e. The fraction of sp³-hybridized carbons (Fsp3) is 0.647. The zero-order valence-electron chi connectivity index (χ0n) is 13.2. The Morgan fingerprint density at radius 2 is 1.77 bits per heavy atom. The average molecular weight is 322 g/mol. The summed E-state index contributed by atoms with van der Waals surface area (Å²) >= 11 is 0. The summed E-state index contributed by atoms with van der Waals surface area (Å²) in [4.78, 5) is 2.42. The van der Waals surface area contributed by atoms with Crippen molar-refractivity contribution in [2.75, 3.05) is 32.7 Å². The minimum Gasteiger partial charge on any atom is -0.302 e. The predicted octanol–water partition coefficient (Wildman–Crippen LogP) is 2.12. The van der Waals surface area contributed by atoms with Gasteiger partial charge in [0.15, 0.2) is 0 Å². The third-order valence-electron chi connectivity index (χ3n) is 4.64. The third kappa shape index (κ3) is 4.09. The molecule has 1 aromatic rings. The van der Waals surface area contributed by atoms with Crippen molar-refractivity contribution in [3.8, 4) is 0 Å². The van der Waals surface area contributed by atoms with Crippen LogP contribution in [0, 0.1) is 0 Å². The molecule has 22 heavy (non-hydrogen) atoms. The number of benzene rings is 1. The van der Waals surface area contributed by atoms with E-state index >= 15 is 0 Å². The molecule has 1 aromatic carbocycles. The first-order valence-electron chi connectivity index (χ1n) is 8.41. The molecule has 0 radical (unpaired) electrons. The van der Waals surface area contributed by atoms with Crippen LogP contribution < -0.4 is 0 Å². The molecule has 5 heteroatoms. The van der Waals surface area contributed by atoms with Gasteiger partial charge in [0.2, 0.25) is 10.0 Å². The highest BCUT2D eigenvalue weighted by molar-refractivity contribution is 7.90. The van der Waals surface area contributed by atoms with Crippen molar-refractivity contribution in [3.05, 3.63) is 35.9 Å². The van der Waals surface area contributed by atoms with E-state index in [1.165, 1.54) is 5.56 Å². The zero-order valence-corrected chi connectivity index (χ0v) is 14.0. The topological polar surface area (TPSA) is 40.6 Å². The van der Waals surface area contributed by atoms with Crippen LogP contribution >= 0.6 is 0 Å². The molecular formula is C17H26N2O2S. The highest BCUT2D eigenvalue weighted by Crippen LogP contribution is 2.31. The summed E-state index contributed by atoms with van der Waals surface area (Å²) in [5.41, 5.74) is 1.38. The van der Waals surface area contributed by atoms with Gasteiger partial charge in [0.1, 0.15) is 0 Å². The molecule has 2 fully saturated rings. The Bertz CT molecular complexity index is 570. The van der Waals surface area contributed by atoms with Gasteiger partial charge in [-0.3, -0.25) is 0 Å². The Morgan fingerprint density at radius 1 is 1.00 bits per heavy atom. The minimum absolute atomic E-state index is 0.0721. The second-order valence-electron chi connectivity index (χ2n) is 6.43. The maximum atomic E-state index is 12.3. The number of sulfonamides is 1. The van der Waals surface area contributed by atoms with E-state index in [-0.39, 0.29) is 5.25 Å². The van der Waals surface area contributed by atoms with Crippen molar-refractivity contribution >= 4 is 10.0 Å². The molecule has 1 saturated heterocycles. The van der Waals surface area contributed by atoms with Crippen molar-refractivity contribution in [3.63, 3.8) is 0 Å². The number of hydrogen-bond donors (Lipinski definition) is 0. The fourth-order valence-electron chi connectivity index (χ4n) is 3.15. The lowest BCUT2D eigenvalue weighted by atomic mass is 10.1. The van der Waals surface area contributed by atoms with Crippen LogP contribution in [0.15, 0.2) is 30.3 Å². The van der Waals surface area contributed by atoms with Gasteiger partial charge in [-0.15, -0.1) is 0 Å². The molecular weight excluding hydrogens is 296 g/mol. The number of aryl methyl sites for hydroxylation is 1. The molecule has 4 nitrogen and oxygen atoms in total. The first-order valence-corrected chi connectivity index (χ1v) is 9.92. The van der Waals surface area contributed by atoms with Crippen LogP contribution in [0.4, 0.5) is 0 Å². The Hall–Kier alpha value is -0.910. The zero-order chi connectivity index (χ0) is 15.4. The molecule has 1 aliphatic heterocycles. The van der Waals surface area contributed by atoms with E-state index in [1.54, 1.807) is 4.31 Å². The van der Waals surface area contributed by atoms with Crippen molar-refractivity contribution < 1.29 is 8.42 Å². The van der Waals surface area contributed by atoms with Crippen LogP contribution in [-0.2, 0) is 16.4 Å². The minimum atomic E-state index is -2.99. The maximum Gasteiger partial charge on any atom is 0.217 e. The quantitative estimate of drug-likeness (QED) is 0.805. The van der Waals surface area contributed by atoms with Gasteiger partial charge in [-0.2, -0.15) is 0 Å². The van der Waals surface area contributed by atoms with Gasteiger partial charge >= 0.3 is 0 Å². The van der Waals surface area contributed by atoms with Gasteiger partial charge in [-0.05, 0) is 50.8 Å². The molecule has 0 amide bonds. The molecule has 0 N–H and O–H groups in total. The number of hydrogen-bond acceptors (Lipinski definition) is 3. The number of nitrogens with zero attached hydrogens (tertiary/aromatic N) is 2. The second kappa shape index (κ2) is 7.11. The Kier molecular flexibility index (Phi) is 5.16. The highest BCUT2D eigenvalue weighted by atomic mass is 32.2. The Labute approximate surface area is 134 Å². The summed E-state index contributed by atoms with van der Waals surface area (Å²) in [5, 5.41) is -0.0721. The van der Waals surface area contributed by atoms with Crippen molar-refractivity contribution in [1.82, 2.24) is 9.21 Å². The standard InChI is InChI=1S/C17H26N2O2S/c20-22(21,17-9-10-17)19-13-5-12-18(14-15-19)11-4-8-16-6-2-1-3-7-16/h1-3,6-7,17H,4-5,8-15H2. The molecule has 0 spiro atoms. The van der Waals surface area contributed by atoms with Crippen molar-refractivity contribution in [2.45, 2.75) is 37.4 Å². The summed E-state index contributed by atoms with van der Waals surface area (Å²) in [6.07, 6.45) is 4.91. The van der Waals surface area contributed by atoms with Crippen molar-refractivity contribution in [2.24, 2.45) is 0 Å². The molecule has 1 aliphatic carbocycles. The lowest BCUT2D eigenvalue weighted by molar-refractivity contribution is 0.283. The fourth-order valence-corrected chi connectivity index (χ4v) is 5.03. The van der Waals surface area contributed by atoms with Gasteiger partial charge in [-0.1, -0.05) is 30.3 Å². The molecule has 0 aromatic heterocycles. The Balaban J connectivity index is 1.44. The lowest BCUT2D eigenvalue weighted by Crippen LogP contribution is -2.37. The molecule has 2 aliphatic rings. The molecule has 0 bridgehead atoms. The number of rotatable bonds is 6. The normalized spacial score (nSPS) is 21.6. The summed E-state index contributed by atoms with van der Waals surface area (Å²) in [7, 11) is -2.99. The maximum absolute atomic E-state index is 12.3. The monoisotopic (exact) mass is 322 g/mol. The average Bonchev–Trinajstić information content (AvgIpc) is 3.36. The van der Waals surface area contributed by atoms with Gasteiger partial charge < -0.3 is 4.90 Å². The van der Waals surface area contributed by atoms with E-state index < -0.39 is 10.0 Å². The van der Waals surface area contributed by atoms with E-state index in [9.17, 15) is 8.42 Å². The van der Waals surface area contributed by atoms with E-state index in [1.807, 2.05) is 6.07 Å². The summed E-state index contributed by atoms with van der Waals surface area (Å²) in [6.45, 7) is 4.33. The van der Waals surface area contributed by atoms with E-state index in [2.05, 4.69) is 29.2 Å². The first-order chi connectivity index (χ1) is 10.7. The van der Waals surface area contributed by atoms with Gasteiger partial charge in [0, 0.05) is 19.6 Å². The molecule has 3 rings (SSSR count). The molecule has 0 unspecified atom stereocenters. The van der Waals surface area contributed by atoms with Crippen molar-refractivity contribution in [1.29, 1.82) is 0 Å². The molecule has 122 valence electrons. The first kappa shape index (κ1) is 16.0. The summed E-state index contributed by atoms with van der Waals surface area (Å²) in [5.74, 6) is 0. The van der Waals surface area contributed by atoms with Crippen LogP contribution in [0.3, 0.4) is 0 Å². The van der Waals surface area contributed by atoms with Crippen LogP contribution in [0.5, 0.6) is 0 Å². The summed E-state index contributed by atoms with van der Waals surface area (Å²) in [6, 6.07) is 10.6. The van der Waals surface area contributed by atoms with Crippen LogP contribution in [0.1, 0.15) is 31.2 Å². The molecule has 0 atom stereocenters. The van der Waals surface area contributed by atoms with Gasteiger partial charge in [-0.25, -0.2) is 12.7 Å². The SMILES string of the molecule is O=S(=O)(C1CC1)N1CCCN(CCCc2ccccc2)CC1. The van der Waals surface area contributed by atoms with Crippen LogP contribution in [0.25, 0.3) is 0 Å².